The summed E-state index contributed by atoms with van der Waals surface area (Å²) >= 11 is 1.35. The molecule has 7 heteroatoms. The first kappa shape index (κ1) is 18.4. The molecular formula is C17H20N2O3S2. The number of amides is 1. The highest BCUT2D eigenvalue weighted by molar-refractivity contribution is 7.92. The lowest BCUT2D eigenvalue weighted by molar-refractivity contribution is -0.120. The van der Waals surface area contributed by atoms with Crippen LogP contribution in [0, 0.1) is 6.92 Å². The summed E-state index contributed by atoms with van der Waals surface area (Å²) in [4.78, 5) is 17.0. The number of nitrogens with one attached hydrogen (secondary N) is 1. The number of carbonyl (C=O) groups excluding carboxylic acids is 1. The zero-order valence-electron chi connectivity index (χ0n) is 13.7. The first-order chi connectivity index (χ1) is 11.3. The Labute approximate surface area is 146 Å². The highest BCUT2D eigenvalue weighted by Crippen LogP contribution is 2.29. The van der Waals surface area contributed by atoms with Crippen molar-refractivity contribution in [1.82, 2.24) is 10.3 Å². The van der Waals surface area contributed by atoms with Crippen molar-refractivity contribution in [3.63, 3.8) is 0 Å². The van der Waals surface area contributed by atoms with Crippen LogP contribution in [-0.4, -0.2) is 31.1 Å². The third kappa shape index (κ3) is 4.30. The largest absolute Gasteiger partial charge is 0.352 e. The molecule has 1 aromatic heterocycles. The molecule has 2 aromatic rings. The lowest BCUT2D eigenvalue weighted by atomic mass is 10.2. The van der Waals surface area contributed by atoms with E-state index in [0.29, 0.717) is 10.6 Å². The average Bonchev–Trinajstić information content (AvgIpc) is 2.93. The fraction of sp³-hybridized carbons (Fsp3) is 0.294. The van der Waals surface area contributed by atoms with E-state index in [0.717, 1.165) is 10.6 Å². The molecule has 128 valence electrons. The van der Waals surface area contributed by atoms with Crippen molar-refractivity contribution in [2.45, 2.75) is 24.9 Å². The second-order valence-electron chi connectivity index (χ2n) is 5.38. The Morgan fingerprint density at radius 2 is 2.04 bits per heavy atom. The summed E-state index contributed by atoms with van der Waals surface area (Å²) in [5.74, 6) is -0.702. The maximum Gasteiger partial charge on any atom is 0.238 e. The van der Waals surface area contributed by atoms with Gasteiger partial charge < -0.3 is 5.32 Å². The Morgan fingerprint density at radius 1 is 1.38 bits per heavy atom. The number of nitrogens with zero attached hydrogens (tertiary/aromatic N) is 1. The number of rotatable bonds is 7. The van der Waals surface area contributed by atoms with Crippen LogP contribution in [0.2, 0.25) is 0 Å². The number of hydrogen-bond acceptors (Lipinski definition) is 5. The molecule has 2 rings (SSSR count). The van der Waals surface area contributed by atoms with Gasteiger partial charge in [-0.15, -0.1) is 17.9 Å². The normalized spacial score (nSPS) is 12.6. The molecule has 1 atom stereocenters. The van der Waals surface area contributed by atoms with E-state index in [1.807, 2.05) is 30.3 Å². The summed E-state index contributed by atoms with van der Waals surface area (Å²) in [6.45, 7) is 6.93. The Bertz CT molecular complexity index is 827. The zero-order valence-corrected chi connectivity index (χ0v) is 15.3. The van der Waals surface area contributed by atoms with Gasteiger partial charge in [0.1, 0.15) is 10.3 Å². The van der Waals surface area contributed by atoms with Gasteiger partial charge >= 0.3 is 0 Å². The standard InChI is InChI=1S/C17H20N2O3S2/c1-4-10-18-16(20)13(3)24(21,22)11-15-12(2)19-17(23-15)14-8-6-5-7-9-14/h4-9,13H,1,10-11H2,2-3H3,(H,18,20). The molecule has 0 radical (unpaired) electrons. The van der Waals surface area contributed by atoms with Crippen LogP contribution in [0.1, 0.15) is 17.5 Å². The molecule has 5 nitrogen and oxygen atoms in total. The van der Waals surface area contributed by atoms with Crippen molar-refractivity contribution in [2.75, 3.05) is 6.54 Å². The van der Waals surface area contributed by atoms with E-state index in [4.69, 9.17) is 0 Å². The Hall–Kier alpha value is -1.99. The molecule has 0 aliphatic rings. The summed E-state index contributed by atoms with van der Waals surface area (Å²) in [7, 11) is -3.61. The fourth-order valence-electron chi connectivity index (χ4n) is 2.05. The molecule has 0 fully saturated rings. The molecule has 1 unspecified atom stereocenters. The lowest BCUT2D eigenvalue weighted by Gasteiger charge is -2.12. The van der Waals surface area contributed by atoms with Gasteiger partial charge in [0.25, 0.3) is 0 Å². The van der Waals surface area contributed by atoms with Gasteiger partial charge in [0.05, 0.1) is 11.4 Å². The van der Waals surface area contributed by atoms with E-state index < -0.39 is 21.0 Å². The first-order valence-corrected chi connectivity index (χ1v) is 10.00. The van der Waals surface area contributed by atoms with E-state index in [1.165, 1.54) is 24.3 Å². The number of aryl methyl sites for hydroxylation is 1. The molecule has 24 heavy (non-hydrogen) atoms. The van der Waals surface area contributed by atoms with Crippen molar-refractivity contribution < 1.29 is 13.2 Å². The van der Waals surface area contributed by atoms with E-state index in [9.17, 15) is 13.2 Å². The molecule has 0 saturated heterocycles. The number of sulfone groups is 1. The summed E-state index contributed by atoms with van der Waals surface area (Å²) in [5.41, 5.74) is 1.63. The molecule has 1 N–H and O–H groups in total. The predicted molar refractivity (Wildman–Crippen MR) is 97.6 cm³/mol. The summed E-state index contributed by atoms with van der Waals surface area (Å²) in [5, 5.41) is 2.19. The molecule has 0 saturated carbocycles. The summed E-state index contributed by atoms with van der Waals surface area (Å²) in [6.07, 6.45) is 1.51. The zero-order chi connectivity index (χ0) is 17.7. The molecule has 1 aromatic carbocycles. The molecule has 1 heterocycles. The van der Waals surface area contributed by atoms with Crippen LogP contribution in [0.4, 0.5) is 0 Å². The van der Waals surface area contributed by atoms with Gasteiger partial charge in [-0.25, -0.2) is 13.4 Å². The average molecular weight is 364 g/mol. The molecule has 0 aliphatic heterocycles. The van der Waals surface area contributed by atoms with Crippen molar-refractivity contribution in [3.05, 3.63) is 53.6 Å². The molecule has 1 amide bonds. The maximum absolute atomic E-state index is 12.5. The Kier molecular flexibility index (Phi) is 5.90. The SMILES string of the molecule is C=CCNC(=O)C(C)S(=O)(=O)Cc1sc(-c2ccccc2)nc1C. The van der Waals surface area contributed by atoms with Crippen molar-refractivity contribution in [1.29, 1.82) is 0 Å². The van der Waals surface area contributed by atoms with Gasteiger partial charge in [0, 0.05) is 17.0 Å². The van der Waals surface area contributed by atoms with Crippen LogP contribution in [-0.2, 0) is 20.4 Å². The van der Waals surface area contributed by atoms with Gasteiger partial charge in [-0.05, 0) is 13.8 Å². The Morgan fingerprint density at radius 3 is 2.67 bits per heavy atom. The van der Waals surface area contributed by atoms with E-state index in [1.54, 1.807) is 6.92 Å². The highest BCUT2D eigenvalue weighted by atomic mass is 32.2. The number of hydrogen-bond donors (Lipinski definition) is 1. The van der Waals surface area contributed by atoms with Crippen LogP contribution >= 0.6 is 11.3 Å². The maximum atomic E-state index is 12.5. The van der Waals surface area contributed by atoms with Gasteiger partial charge in [0.2, 0.25) is 5.91 Å². The summed E-state index contributed by atoms with van der Waals surface area (Å²) < 4.78 is 25.0. The van der Waals surface area contributed by atoms with Gasteiger partial charge in [0.15, 0.2) is 9.84 Å². The fourth-order valence-corrected chi connectivity index (χ4v) is 4.88. The topological polar surface area (TPSA) is 76.1 Å². The molecule has 0 aliphatic carbocycles. The number of carbonyl (C=O) groups is 1. The van der Waals surface area contributed by atoms with Crippen LogP contribution in [0.15, 0.2) is 43.0 Å². The first-order valence-electron chi connectivity index (χ1n) is 7.47. The quantitative estimate of drug-likeness (QED) is 0.767. The molecular weight excluding hydrogens is 344 g/mol. The van der Waals surface area contributed by atoms with Crippen molar-refractivity contribution >= 4 is 27.1 Å². The van der Waals surface area contributed by atoms with E-state index >= 15 is 0 Å². The van der Waals surface area contributed by atoms with Gasteiger partial charge in [-0.1, -0.05) is 36.4 Å². The third-order valence-electron chi connectivity index (χ3n) is 3.57. The van der Waals surface area contributed by atoms with Crippen LogP contribution < -0.4 is 5.32 Å². The van der Waals surface area contributed by atoms with Gasteiger partial charge in [-0.3, -0.25) is 4.79 Å². The predicted octanol–water partition coefficient (Wildman–Crippen LogP) is 2.72. The van der Waals surface area contributed by atoms with Gasteiger partial charge in [-0.2, -0.15) is 0 Å². The third-order valence-corrected chi connectivity index (χ3v) is 6.95. The molecule has 0 spiro atoms. The lowest BCUT2D eigenvalue weighted by Crippen LogP contribution is -2.38. The minimum atomic E-state index is -3.61. The minimum absolute atomic E-state index is 0.188. The second-order valence-corrected chi connectivity index (χ2v) is 8.78. The van der Waals surface area contributed by atoms with Crippen LogP contribution in [0.5, 0.6) is 0 Å². The Balaban J connectivity index is 2.19. The van der Waals surface area contributed by atoms with E-state index in [2.05, 4.69) is 16.9 Å². The van der Waals surface area contributed by atoms with E-state index in [-0.39, 0.29) is 12.3 Å². The second kappa shape index (κ2) is 7.72. The van der Waals surface area contributed by atoms with Crippen molar-refractivity contribution in [3.8, 4) is 10.6 Å². The number of aromatic nitrogens is 1. The molecule has 0 bridgehead atoms. The monoisotopic (exact) mass is 364 g/mol. The number of thiazole rings is 1. The van der Waals surface area contributed by atoms with Crippen LogP contribution in [0.3, 0.4) is 0 Å². The highest BCUT2D eigenvalue weighted by Gasteiger charge is 2.29. The summed E-state index contributed by atoms with van der Waals surface area (Å²) in [6, 6.07) is 9.60. The van der Waals surface area contributed by atoms with Crippen LogP contribution in [0.25, 0.3) is 10.6 Å². The number of benzene rings is 1. The minimum Gasteiger partial charge on any atom is -0.352 e. The van der Waals surface area contributed by atoms with Crippen molar-refractivity contribution in [2.24, 2.45) is 0 Å². The smallest absolute Gasteiger partial charge is 0.238 e.